The van der Waals surface area contributed by atoms with Crippen molar-refractivity contribution in [3.63, 3.8) is 0 Å². The number of carbonyl (C=O) groups excluding carboxylic acids is 1. The minimum absolute atomic E-state index is 0.150. The van der Waals surface area contributed by atoms with Gasteiger partial charge in [-0.15, -0.1) is 0 Å². The van der Waals surface area contributed by atoms with Crippen LogP contribution in [0.2, 0.25) is 0 Å². The Balaban J connectivity index is 1.74. The number of hydrogen-bond acceptors (Lipinski definition) is 2. The number of aromatic nitrogens is 1. The molecule has 126 valence electrons. The van der Waals surface area contributed by atoms with E-state index in [-0.39, 0.29) is 5.91 Å². The van der Waals surface area contributed by atoms with Gasteiger partial charge in [-0.2, -0.15) is 0 Å². The van der Waals surface area contributed by atoms with Gasteiger partial charge in [-0.05, 0) is 67.3 Å². The summed E-state index contributed by atoms with van der Waals surface area (Å²) < 4.78 is 0. The minimum Gasteiger partial charge on any atom is -0.322 e. The summed E-state index contributed by atoms with van der Waals surface area (Å²) in [4.78, 5) is 16.8. The molecule has 1 heterocycles. The Morgan fingerprint density at radius 3 is 2.32 bits per heavy atom. The molecule has 0 bridgehead atoms. The zero-order valence-electron chi connectivity index (χ0n) is 14.8. The molecular formula is C22H22N2O. The first-order valence-corrected chi connectivity index (χ1v) is 8.51. The summed E-state index contributed by atoms with van der Waals surface area (Å²) in [5, 5.41) is 2.91. The fraction of sp³-hybridized carbons (Fsp3) is 0.182. The number of benzene rings is 2. The van der Waals surface area contributed by atoms with E-state index in [1.165, 1.54) is 16.7 Å². The molecule has 0 atom stereocenters. The molecule has 0 radical (unpaired) electrons. The van der Waals surface area contributed by atoms with Crippen LogP contribution in [0.1, 0.15) is 34.0 Å². The molecular weight excluding hydrogens is 308 g/mol. The highest BCUT2D eigenvalue weighted by Crippen LogP contribution is 2.20. The number of nitrogens with zero attached hydrogens (tertiary/aromatic N) is 1. The van der Waals surface area contributed by atoms with Crippen LogP contribution in [0.4, 0.5) is 5.69 Å². The van der Waals surface area contributed by atoms with Gasteiger partial charge in [0.2, 0.25) is 0 Å². The Morgan fingerprint density at radius 1 is 0.960 bits per heavy atom. The molecule has 0 saturated carbocycles. The van der Waals surface area contributed by atoms with Crippen molar-refractivity contribution in [1.82, 2.24) is 4.98 Å². The molecule has 2 aromatic carbocycles. The summed E-state index contributed by atoms with van der Waals surface area (Å²) in [5.41, 5.74) is 7.01. The van der Waals surface area contributed by atoms with E-state index in [1.807, 2.05) is 36.4 Å². The Morgan fingerprint density at radius 2 is 1.72 bits per heavy atom. The third-order valence-electron chi connectivity index (χ3n) is 4.45. The first-order valence-electron chi connectivity index (χ1n) is 8.51. The maximum absolute atomic E-state index is 12.4. The van der Waals surface area contributed by atoms with E-state index in [2.05, 4.69) is 49.3 Å². The lowest BCUT2D eigenvalue weighted by atomic mass is 10.0. The van der Waals surface area contributed by atoms with Gasteiger partial charge in [0.25, 0.3) is 5.91 Å². The Bertz CT molecular complexity index is 881. The molecule has 0 unspecified atom stereocenters. The minimum atomic E-state index is -0.150. The van der Waals surface area contributed by atoms with Crippen LogP contribution in [0, 0.1) is 13.8 Å². The monoisotopic (exact) mass is 330 g/mol. The predicted molar refractivity (Wildman–Crippen MR) is 103 cm³/mol. The van der Waals surface area contributed by atoms with Crippen molar-refractivity contribution in [2.45, 2.75) is 27.2 Å². The zero-order valence-corrected chi connectivity index (χ0v) is 14.8. The second-order valence-electron chi connectivity index (χ2n) is 6.24. The van der Waals surface area contributed by atoms with Crippen LogP contribution < -0.4 is 5.32 Å². The molecule has 1 aromatic heterocycles. The molecule has 3 heteroatoms. The topological polar surface area (TPSA) is 42.0 Å². The van der Waals surface area contributed by atoms with Crippen molar-refractivity contribution >= 4 is 11.6 Å². The molecule has 3 rings (SSSR count). The van der Waals surface area contributed by atoms with E-state index in [0.29, 0.717) is 5.56 Å². The number of aryl methyl sites for hydroxylation is 3. The summed E-state index contributed by atoms with van der Waals surface area (Å²) in [6, 6.07) is 17.9. The van der Waals surface area contributed by atoms with E-state index in [4.69, 9.17) is 0 Å². The Hall–Kier alpha value is -2.94. The number of pyridine rings is 1. The number of hydrogen-bond donors (Lipinski definition) is 1. The van der Waals surface area contributed by atoms with Crippen LogP contribution in [0.15, 0.2) is 60.8 Å². The zero-order chi connectivity index (χ0) is 17.8. The number of amides is 1. The Labute approximate surface area is 148 Å². The average molecular weight is 330 g/mol. The van der Waals surface area contributed by atoms with Crippen LogP contribution in [0.5, 0.6) is 0 Å². The van der Waals surface area contributed by atoms with E-state index < -0.39 is 0 Å². The molecule has 1 amide bonds. The first-order chi connectivity index (χ1) is 12.1. The van der Waals surface area contributed by atoms with E-state index >= 15 is 0 Å². The highest BCUT2D eigenvalue weighted by atomic mass is 16.1. The van der Waals surface area contributed by atoms with Gasteiger partial charge in [-0.25, -0.2) is 0 Å². The third-order valence-corrected chi connectivity index (χ3v) is 4.45. The number of rotatable bonds is 4. The second kappa shape index (κ2) is 7.31. The largest absolute Gasteiger partial charge is 0.322 e. The highest BCUT2D eigenvalue weighted by molar-refractivity contribution is 6.04. The van der Waals surface area contributed by atoms with Gasteiger partial charge >= 0.3 is 0 Å². The SMILES string of the molecule is CCc1ccc(NC(=O)c2ccc(-c3ccc(C)c(C)c3)nc2)cc1. The van der Waals surface area contributed by atoms with Crippen LogP contribution in [-0.2, 0) is 6.42 Å². The van der Waals surface area contributed by atoms with Crippen molar-refractivity contribution in [1.29, 1.82) is 0 Å². The van der Waals surface area contributed by atoms with Gasteiger partial charge in [-0.3, -0.25) is 9.78 Å². The molecule has 0 spiro atoms. The lowest BCUT2D eigenvalue weighted by Gasteiger charge is -2.08. The first kappa shape index (κ1) is 16.9. The van der Waals surface area contributed by atoms with Gasteiger partial charge in [0, 0.05) is 17.4 Å². The van der Waals surface area contributed by atoms with Gasteiger partial charge in [0.1, 0.15) is 0 Å². The molecule has 3 nitrogen and oxygen atoms in total. The fourth-order valence-electron chi connectivity index (χ4n) is 2.63. The van der Waals surface area contributed by atoms with E-state index in [9.17, 15) is 4.79 Å². The summed E-state index contributed by atoms with van der Waals surface area (Å²) >= 11 is 0. The summed E-state index contributed by atoms with van der Waals surface area (Å²) in [7, 11) is 0. The van der Waals surface area contributed by atoms with E-state index in [1.54, 1.807) is 6.20 Å². The average Bonchev–Trinajstić information content (AvgIpc) is 2.65. The van der Waals surface area contributed by atoms with Gasteiger partial charge in [0.15, 0.2) is 0 Å². The van der Waals surface area contributed by atoms with Crippen molar-refractivity contribution in [2.24, 2.45) is 0 Å². The van der Waals surface area contributed by atoms with Crippen LogP contribution in [0.25, 0.3) is 11.3 Å². The lowest BCUT2D eigenvalue weighted by Crippen LogP contribution is -2.12. The normalized spacial score (nSPS) is 10.5. The van der Waals surface area contributed by atoms with Gasteiger partial charge in [-0.1, -0.05) is 31.2 Å². The smallest absolute Gasteiger partial charge is 0.257 e. The quantitative estimate of drug-likeness (QED) is 0.716. The standard InChI is InChI=1S/C22H22N2O/c1-4-17-6-10-20(11-7-17)24-22(25)19-9-12-21(23-14-19)18-8-5-15(2)16(3)13-18/h5-14H,4H2,1-3H3,(H,24,25). The van der Waals surface area contributed by atoms with Crippen molar-refractivity contribution in [2.75, 3.05) is 5.32 Å². The van der Waals surface area contributed by atoms with Crippen LogP contribution in [0.3, 0.4) is 0 Å². The molecule has 0 aliphatic carbocycles. The van der Waals surface area contributed by atoms with Crippen molar-refractivity contribution in [3.05, 3.63) is 83.0 Å². The molecule has 0 aliphatic heterocycles. The maximum atomic E-state index is 12.4. The summed E-state index contributed by atoms with van der Waals surface area (Å²) in [5.74, 6) is -0.150. The molecule has 0 fully saturated rings. The second-order valence-corrected chi connectivity index (χ2v) is 6.24. The summed E-state index contributed by atoms with van der Waals surface area (Å²) in [6.07, 6.45) is 2.61. The van der Waals surface area contributed by atoms with Crippen molar-refractivity contribution in [3.8, 4) is 11.3 Å². The number of anilines is 1. The predicted octanol–water partition coefficient (Wildman–Crippen LogP) is 5.18. The van der Waals surface area contributed by atoms with Crippen molar-refractivity contribution < 1.29 is 4.79 Å². The van der Waals surface area contributed by atoms with Gasteiger partial charge < -0.3 is 5.32 Å². The number of carbonyl (C=O) groups is 1. The van der Waals surface area contributed by atoms with E-state index in [0.717, 1.165) is 23.4 Å². The molecule has 3 aromatic rings. The van der Waals surface area contributed by atoms with Gasteiger partial charge in [0.05, 0.1) is 11.3 Å². The number of nitrogens with one attached hydrogen (secondary N) is 1. The molecule has 0 saturated heterocycles. The Kier molecular flexibility index (Phi) is 4.94. The highest BCUT2D eigenvalue weighted by Gasteiger charge is 2.08. The van der Waals surface area contributed by atoms with Crippen LogP contribution >= 0.6 is 0 Å². The maximum Gasteiger partial charge on any atom is 0.257 e. The molecule has 1 N–H and O–H groups in total. The van der Waals surface area contributed by atoms with Crippen LogP contribution in [-0.4, -0.2) is 10.9 Å². The fourth-order valence-corrected chi connectivity index (χ4v) is 2.63. The third kappa shape index (κ3) is 3.94. The summed E-state index contributed by atoms with van der Waals surface area (Å²) in [6.45, 7) is 6.29. The molecule has 25 heavy (non-hydrogen) atoms. The molecule has 0 aliphatic rings. The lowest BCUT2D eigenvalue weighted by molar-refractivity contribution is 0.102.